The summed E-state index contributed by atoms with van der Waals surface area (Å²) in [5.74, 6) is -1.45. The van der Waals surface area contributed by atoms with Crippen LogP contribution in [0.4, 0.5) is 11.4 Å². The van der Waals surface area contributed by atoms with E-state index in [4.69, 9.17) is 16.7 Å². The maximum absolute atomic E-state index is 11.1. The molecule has 1 aliphatic heterocycles. The van der Waals surface area contributed by atoms with Crippen molar-refractivity contribution in [3.63, 3.8) is 0 Å². The second-order valence-electron chi connectivity index (χ2n) is 4.72. The summed E-state index contributed by atoms with van der Waals surface area (Å²) in [6, 6.07) is 4.31. The van der Waals surface area contributed by atoms with E-state index >= 15 is 0 Å². The molecule has 0 radical (unpaired) electrons. The Kier molecular flexibility index (Phi) is 3.61. The minimum Gasteiger partial charge on any atom is -0.481 e. The molecule has 7 heteroatoms. The summed E-state index contributed by atoms with van der Waals surface area (Å²) in [6.07, 6.45) is 0. The quantitative estimate of drug-likeness (QED) is 0.680. The third kappa shape index (κ3) is 2.63. The molecule has 0 spiro atoms. The molecular weight excluding hydrogens is 272 g/mol. The molecule has 1 fully saturated rings. The Bertz CT molecular complexity index is 534. The number of benzene rings is 1. The van der Waals surface area contributed by atoms with Crippen molar-refractivity contribution >= 4 is 28.9 Å². The van der Waals surface area contributed by atoms with Crippen molar-refractivity contribution < 1.29 is 14.8 Å². The van der Waals surface area contributed by atoms with E-state index in [1.54, 1.807) is 4.90 Å². The number of nitro benzene ring substituents is 1. The molecule has 2 atom stereocenters. The van der Waals surface area contributed by atoms with Gasteiger partial charge in [-0.1, -0.05) is 18.5 Å². The van der Waals surface area contributed by atoms with Gasteiger partial charge in [-0.2, -0.15) is 0 Å². The Labute approximate surface area is 114 Å². The van der Waals surface area contributed by atoms with Gasteiger partial charge >= 0.3 is 5.97 Å². The van der Waals surface area contributed by atoms with Crippen molar-refractivity contribution in [3.05, 3.63) is 33.3 Å². The predicted molar refractivity (Wildman–Crippen MR) is 70.6 cm³/mol. The van der Waals surface area contributed by atoms with Gasteiger partial charge in [0.1, 0.15) is 5.69 Å². The molecule has 0 aromatic heterocycles. The minimum absolute atomic E-state index is 0.0531. The van der Waals surface area contributed by atoms with Gasteiger partial charge in [-0.3, -0.25) is 14.9 Å². The first kappa shape index (κ1) is 13.6. The largest absolute Gasteiger partial charge is 0.481 e. The monoisotopic (exact) mass is 284 g/mol. The first-order chi connectivity index (χ1) is 8.90. The summed E-state index contributed by atoms with van der Waals surface area (Å²) >= 11 is 5.87. The van der Waals surface area contributed by atoms with E-state index in [1.165, 1.54) is 18.2 Å². The summed E-state index contributed by atoms with van der Waals surface area (Å²) in [5.41, 5.74) is 0.329. The van der Waals surface area contributed by atoms with Gasteiger partial charge in [0, 0.05) is 24.2 Å². The lowest BCUT2D eigenvalue weighted by atomic mass is 9.99. The van der Waals surface area contributed by atoms with Crippen molar-refractivity contribution in [1.29, 1.82) is 0 Å². The molecule has 6 nitrogen and oxygen atoms in total. The molecular formula is C12H13ClN2O4. The topological polar surface area (TPSA) is 83.7 Å². The maximum Gasteiger partial charge on any atom is 0.308 e. The van der Waals surface area contributed by atoms with E-state index in [0.29, 0.717) is 17.3 Å². The number of anilines is 1. The van der Waals surface area contributed by atoms with Gasteiger partial charge in [-0.25, -0.2) is 0 Å². The number of rotatable bonds is 3. The highest BCUT2D eigenvalue weighted by Crippen LogP contribution is 2.36. The number of halogens is 1. The van der Waals surface area contributed by atoms with E-state index in [1.807, 2.05) is 6.92 Å². The first-order valence-electron chi connectivity index (χ1n) is 5.82. The van der Waals surface area contributed by atoms with Crippen molar-refractivity contribution in [2.24, 2.45) is 11.8 Å². The number of hydrogen-bond acceptors (Lipinski definition) is 4. The molecule has 1 saturated heterocycles. The molecule has 1 aliphatic rings. The molecule has 102 valence electrons. The number of nitro groups is 1. The van der Waals surface area contributed by atoms with Gasteiger partial charge in [0.05, 0.1) is 10.8 Å². The molecule has 0 aliphatic carbocycles. The van der Waals surface area contributed by atoms with Gasteiger partial charge < -0.3 is 10.0 Å². The molecule has 2 rings (SSSR count). The van der Waals surface area contributed by atoms with Crippen LogP contribution in [0.1, 0.15) is 6.92 Å². The molecule has 1 aromatic carbocycles. The number of carboxylic acids is 1. The Morgan fingerprint density at radius 2 is 2.21 bits per heavy atom. The molecule has 1 N–H and O–H groups in total. The SMILES string of the molecule is C[C@@H]1CN(c2cc(Cl)ccc2[N+](=O)[O-])C[C@H]1C(=O)O. The van der Waals surface area contributed by atoms with E-state index in [0.717, 1.165) is 0 Å². The van der Waals surface area contributed by atoms with Crippen LogP contribution in [0, 0.1) is 22.0 Å². The van der Waals surface area contributed by atoms with Gasteiger partial charge in [-0.15, -0.1) is 0 Å². The standard InChI is InChI=1S/C12H13ClN2O4/c1-7-5-14(6-9(7)12(16)17)11-4-8(13)2-3-10(11)15(18)19/h2-4,7,9H,5-6H2,1H3,(H,16,17)/t7-,9-/m1/s1. The van der Waals surface area contributed by atoms with E-state index in [-0.39, 0.29) is 18.2 Å². The van der Waals surface area contributed by atoms with Crippen LogP contribution in [0.25, 0.3) is 0 Å². The second-order valence-corrected chi connectivity index (χ2v) is 5.15. The van der Waals surface area contributed by atoms with Crippen LogP contribution >= 0.6 is 11.6 Å². The van der Waals surface area contributed by atoms with Crippen molar-refractivity contribution in [3.8, 4) is 0 Å². The van der Waals surface area contributed by atoms with Gasteiger partial charge in [-0.05, 0) is 18.1 Å². The summed E-state index contributed by atoms with van der Waals surface area (Å²) in [7, 11) is 0. The Morgan fingerprint density at radius 1 is 1.53 bits per heavy atom. The number of carbonyl (C=O) groups is 1. The summed E-state index contributed by atoms with van der Waals surface area (Å²) in [4.78, 5) is 23.3. The fourth-order valence-corrected chi connectivity index (χ4v) is 2.56. The number of nitrogens with zero attached hydrogens (tertiary/aromatic N) is 2. The average Bonchev–Trinajstić information content (AvgIpc) is 2.70. The Hall–Kier alpha value is -1.82. The first-order valence-corrected chi connectivity index (χ1v) is 6.19. The van der Waals surface area contributed by atoms with Crippen LogP contribution in [-0.4, -0.2) is 29.1 Å². The van der Waals surface area contributed by atoms with E-state index in [2.05, 4.69) is 0 Å². The second kappa shape index (κ2) is 5.05. The zero-order valence-corrected chi connectivity index (χ0v) is 11.0. The lowest BCUT2D eigenvalue weighted by Gasteiger charge is -2.18. The predicted octanol–water partition coefficient (Wildman–Crippen LogP) is 2.41. The van der Waals surface area contributed by atoms with E-state index < -0.39 is 16.8 Å². The molecule has 0 unspecified atom stereocenters. The number of hydrogen-bond donors (Lipinski definition) is 1. The number of aliphatic carboxylic acids is 1. The molecule has 1 heterocycles. The molecule has 0 saturated carbocycles. The molecule has 0 amide bonds. The highest BCUT2D eigenvalue weighted by molar-refractivity contribution is 6.31. The van der Waals surface area contributed by atoms with Crippen LogP contribution in [0.15, 0.2) is 18.2 Å². The van der Waals surface area contributed by atoms with Crippen LogP contribution < -0.4 is 4.90 Å². The van der Waals surface area contributed by atoms with Crippen molar-refractivity contribution in [2.45, 2.75) is 6.92 Å². The van der Waals surface area contributed by atoms with Crippen LogP contribution in [0.5, 0.6) is 0 Å². The van der Waals surface area contributed by atoms with E-state index in [9.17, 15) is 14.9 Å². The highest BCUT2D eigenvalue weighted by atomic mass is 35.5. The van der Waals surface area contributed by atoms with Gasteiger partial charge in [0.2, 0.25) is 0 Å². The molecule has 1 aromatic rings. The normalized spacial score (nSPS) is 22.5. The Balaban J connectivity index is 2.35. The van der Waals surface area contributed by atoms with Crippen molar-refractivity contribution in [2.75, 3.05) is 18.0 Å². The third-order valence-electron chi connectivity index (χ3n) is 3.40. The van der Waals surface area contributed by atoms with Gasteiger partial charge in [0.25, 0.3) is 5.69 Å². The van der Waals surface area contributed by atoms with Crippen LogP contribution in [0.2, 0.25) is 5.02 Å². The smallest absolute Gasteiger partial charge is 0.308 e. The zero-order valence-electron chi connectivity index (χ0n) is 10.2. The third-order valence-corrected chi connectivity index (χ3v) is 3.64. The zero-order chi connectivity index (χ0) is 14.2. The summed E-state index contributed by atoms with van der Waals surface area (Å²) < 4.78 is 0. The maximum atomic E-state index is 11.1. The fraction of sp³-hybridized carbons (Fsp3) is 0.417. The Morgan fingerprint density at radius 3 is 2.74 bits per heavy atom. The fourth-order valence-electron chi connectivity index (χ4n) is 2.39. The summed E-state index contributed by atoms with van der Waals surface area (Å²) in [5, 5.41) is 20.5. The lowest BCUT2D eigenvalue weighted by molar-refractivity contribution is -0.384. The molecule has 0 bridgehead atoms. The average molecular weight is 285 g/mol. The minimum atomic E-state index is -0.875. The van der Waals surface area contributed by atoms with Crippen LogP contribution in [0.3, 0.4) is 0 Å². The molecule has 19 heavy (non-hydrogen) atoms. The summed E-state index contributed by atoms with van der Waals surface area (Å²) in [6.45, 7) is 2.56. The van der Waals surface area contributed by atoms with Gasteiger partial charge in [0.15, 0.2) is 0 Å². The number of carboxylic acid groups (broad SMARTS) is 1. The van der Waals surface area contributed by atoms with Crippen molar-refractivity contribution in [1.82, 2.24) is 0 Å². The highest BCUT2D eigenvalue weighted by Gasteiger charge is 2.37. The lowest BCUT2D eigenvalue weighted by Crippen LogP contribution is -2.23. The van der Waals surface area contributed by atoms with Crippen LogP contribution in [-0.2, 0) is 4.79 Å².